The fourth-order valence-electron chi connectivity index (χ4n) is 2.14. The summed E-state index contributed by atoms with van der Waals surface area (Å²) in [5.41, 5.74) is 7.16. The number of rotatable bonds is 3. The van der Waals surface area contributed by atoms with Crippen LogP contribution in [0.3, 0.4) is 0 Å². The van der Waals surface area contributed by atoms with Crippen molar-refractivity contribution < 1.29 is 0 Å². The van der Waals surface area contributed by atoms with Crippen LogP contribution in [0, 0.1) is 0 Å². The number of fused-ring (bicyclic) bond motifs is 1. The fourth-order valence-corrected chi connectivity index (χ4v) is 4.66. The highest BCUT2D eigenvalue weighted by Crippen LogP contribution is 2.39. The van der Waals surface area contributed by atoms with Gasteiger partial charge in [0, 0.05) is 5.25 Å². The van der Waals surface area contributed by atoms with Crippen LogP contribution in [-0.4, -0.2) is 25.2 Å². The molecular weight excluding hydrogens is 266 g/mol. The second-order valence-corrected chi connectivity index (χ2v) is 6.93. The predicted molar refractivity (Wildman–Crippen MR) is 76.4 cm³/mol. The van der Waals surface area contributed by atoms with Crippen LogP contribution in [0.1, 0.15) is 32.1 Å². The van der Waals surface area contributed by atoms with E-state index in [2.05, 4.69) is 19.9 Å². The maximum Gasteiger partial charge on any atom is 0.183 e. The Kier molecular flexibility index (Phi) is 3.60. The quantitative estimate of drug-likeness (QED) is 0.842. The molecule has 3 N–H and O–H groups in total. The summed E-state index contributed by atoms with van der Waals surface area (Å²) in [4.78, 5) is 15.6. The molecule has 2 heterocycles. The Hall–Kier alpha value is -0.950. The monoisotopic (exact) mass is 281 g/mol. The molecule has 0 saturated heterocycles. The highest BCUT2D eigenvalue weighted by Gasteiger charge is 2.16. The molecule has 5 nitrogen and oxygen atoms in total. The van der Waals surface area contributed by atoms with E-state index < -0.39 is 0 Å². The van der Waals surface area contributed by atoms with Gasteiger partial charge in [-0.05, 0) is 23.6 Å². The number of nitrogens with one attached hydrogen (secondary N) is 1. The molecule has 0 radical (unpaired) electrons. The van der Waals surface area contributed by atoms with Gasteiger partial charge in [0.1, 0.15) is 11.8 Å². The first-order chi connectivity index (χ1) is 8.83. The van der Waals surface area contributed by atoms with E-state index in [1.165, 1.54) is 38.4 Å². The molecule has 2 aromatic rings. The van der Waals surface area contributed by atoms with E-state index in [1.807, 2.05) is 10.8 Å². The van der Waals surface area contributed by atoms with Crippen molar-refractivity contribution in [3.63, 3.8) is 0 Å². The van der Waals surface area contributed by atoms with Crippen LogP contribution >= 0.6 is 21.6 Å². The summed E-state index contributed by atoms with van der Waals surface area (Å²) >= 11 is 0. The maximum atomic E-state index is 5.77. The maximum absolute atomic E-state index is 5.77. The van der Waals surface area contributed by atoms with E-state index >= 15 is 0 Å². The van der Waals surface area contributed by atoms with Crippen LogP contribution in [0.5, 0.6) is 0 Å². The summed E-state index contributed by atoms with van der Waals surface area (Å²) in [6.45, 7) is 0. The molecule has 0 spiro atoms. The molecule has 96 valence electrons. The third-order valence-corrected chi connectivity index (χ3v) is 5.88. The summed E-state index contributed by atoms with van der Waals surface area (Å²) < 4.78 is 0. The van der Waals surface area contributed by atoms with Crippen molar-refractivity contribution in [1.82, 2.24) is 19.9 Å². The van der Waals surface area contributed by atoms with E-state index in [9.17, 15) is 0 Å². The lowest BCUT2D eigenvalue weighted by Gasteiger charge is -2.19. The molecule has 0 unspecified atom stereocenters. The van der Waals surface area contributed by atoms with Gasteiger partial charge < -0.3 is 10.7 Å². The molecule has 7 heteroatoms. The zero-order valence-electron chi connectivity index (χ0n) is 9.93. The molecule has 1 aliphatic rings. The molecule has 0 aliphatic heterocycles. The van der Waals surface area contributed by atoms with Crippen LogP contribution in [0.15, 0.2) is 11.5 Å². The van der Waals surface area contributed by atoms with Gasteiger partial charge >= 0.3 is 0 Å². The summed E-state index contributed by atoms with van der Waals surface area (Å²) in [5, 5.41) is 1.62. The Bertz CT molecular complexity index is 535. The number of H-pyrrole nitrogens is 1. The summed E-state index contributed by atoms with van der Waals surface area (Å²) in [6.07, 6.45) is 8.19. The fraction of sp³-hybridized carbons (Fsp3) is 0.545. The zero-order valence-corrected chi connectivity index (χ0v) is 11.6. The van der Waals surface area contributed by atoms with Crippen molar-refractivity contribution in [3.8, 4) is 0 Å². The van der Waals surface area contributed by atoms with E-state index in [-0.39, 0.29) is 0 Å². The van der Waals surface area contributed by atoms with Gasteiger partial charge in [-0.2, -0.15) is 0 Å². The summed E-state index contributed by atoms with van der Waals surface area (Å²) in [6, 6.07) is 0. The Morgan fingerprint density at radius 3 is 2.83 bits per heavy atom. The number of hydrogen-bond acceptors (Lipinski definition) is 6. The number of imidazole rings is 1. The average Bonchev–Trinajstić information content (AvgIpc) is 2.82. The van der Waals surface area contributed by atoms with Gasteiger partial charge in [0.05, 0.1) is 0 Å². The Morgan fingerprint density at radius 1 is 1.22 bits per heavy atom. The number of aromatic amines is 1. The van der Waals surface area contributed by atoms with Crippen molar-refractivity contribution >= 4 is 38.6 Å². The van der Waals surface area contributed by atoms with Gasteiger partial charge in [0.15, 0.2) is 16.6 Å². The number of anilines is 1. The first-order valence-electron chi connectivity index (χ1n) is 6.12. The van der Waals surface area contributed by atoms with Crippen molar-refractivity contribution in [2.75, 3.05) is 5.73 Å². The number of nitrogen functional groups attached to an aromatic ring is 1. The molecule has 3 rings (SSSR count). The lowest BCUT2D eigenvalue weighted by atomic mass is 10.0. The normalized spacial score (nSPS) is 17.3. The number of hydrogen-bond donors (Lipinski definition) is 2. The van der Waals surface area contributed by atoms with Crippen LogP contribution < -0.4 is 5.73 Å². The van der Waals surface area contributed by atoms with Gasteiger partial charge in [-0.25, -0.2) is 15.0 Å². The lowest BCUT2D eigenvalue weighted by molar-refractivity contribution is 0.517. The lowest BCUT2D eigenvalue weighted by Crippen LogP contribution is -2.06. The topological polar surface area (TPSA) is 80.5 Å². The highest BCUT2D eigenvalue weighted by molar-refractivity contribution is 8.76. The smallest absolute Gasteiger partial charge is 0.183 e. The van der Waals surface area contributed by atoms with Gasteiger partial charge in [-0.1, -0.05) is 30.1 Å². The molecule has 1 saturated carbocycles. The van der Waals surface area contributed by atoms with E-state index in [0.717, 1.165) is 15.9 Å². The van der Waals surface area contributed by atoms with Crippen molar-refractivity contribution in [3.05, 3.63) is 6.33 Å². The highest BCUT2D eigenvalue weighted by atomic mass is 33.1. The SMILES string of the molecule is Nc1ncnc2nc(SSC3CCCCC3)[nH]c12. The summed E-state index contributed by atoms with van der Waals surface area (Å²) in [7, 11) is 3.59. The molecule has 0 aromatic carbocycles. The van der Waals surface area contributed by atoms with Crippen LogP contribution in [0.25, 0.3) is 11.2 Å². The Balaban J connectivity index is 1.69. The van der Waals surface area contributed by atoms with Crippen molar-refractivity contribution in [2.45, 2.75) is 42.5 Å². The minimum atomic E-state index is 0.460. The number of aromatic nitrogens is 4. The van der Waals surface area contributed by atoms with Crippen molar-refractivity contribution in [1.29, 1.82) is 0 Å². The Morgan fingerprint density at radius 2 is 2.06 bits per heavy atom. The molecule has 0 atom stereocenters. The predicted octanol–water partition coefficient (Wildman–Crippen LogP) is 3.01. The minimum absolute atomic E-state index is 0.460. The minimum Gasteiger partial charge on any atom is -0.382 e. The third kappa shape index (κ3) is 2.56. The summed E-state index contributed by atoms with van der Waals surface area (Å²) in [5.74, 6) is 0.460. The Labute approximate surface area is 113 Å². The van der Waals surface area contributed by atoms with Gasteiger partial charge in [0.25, 0.3) is 0 Å². The molecule has 1 aliphatic carbocycles. The molecule has 1 fully saturated rings. The first kappa shape index (κ1) is 12.1. The molecule has 18 heavy (non-hydrogen) atoms. The van der Waals surface area contributed by atoms with Gasteiger partial charge in [-0.15, -0.1) is 0 Å². The van der Waals surface area contributed by atoms with Crippen molar-refractivity contribution in [2.24, 2.45) is 0 Å². The largest absolute Gasteiger partial charge is 0.382 e. The van der Waals surface area contributed by atoms with Gasteiger partial charge in [0.2, 0.25) is 0 Å². The van der Waals surface area contributed by atoms with E-state index in [1.54, 1.807) is 10.8 Å². The second-order valence-electron chi connectivity index (χ2n) is 4.44. The molecule has 0 amide bonds. The molecular formula is C11H15N5S2. The van der Waals surface area contributed by atoms with Gasteiger partial charge in [-0.3, -0.25) is 0 Å². The first-order valence-corrected chi connectivity index (χ1v) is 8.34. The van der Waals surface area contributed by atoms with Crippen LogP contribution in [0.4, 0.5) is 5.82 Å². The molecule has 2 aromatic heterocycles. The zero-order chi connectivity index (χ0) is 12.4. The van der Waals surface area contributed by atoms with Crippen LogP contribution in [0.2, 0.25) is 0 Å². The number of nitrogens with two attached hydrogens (primary N) is 1. The standard InChI is InChI=1S/C11H15N5S2/c12-9-8-10(14-6-13-9)16-11(15-8)18-17-7-4-2-1-3-5-7/h6-7H,1-5H2,(H3,12,13,14,15,16). The van der Waals surface area contributed by atoms with E-state index in [4.69, 9.17) is 5.73 Å². The second kappa shape index (κ2) is 5.36. The van der Waals surface area contributed by atoms with Crippen LogP contribution in [-0.2, 0) is 0 Å². The third-order valence-electron chi connectivity index (χ3n) is 3.11. The molecule has 0 bridgehead atoms. The average molecular weight is 281 g/mol. The van der Waals surface area contributed by atoms with E-state index in [0.29, 0.717) is 11.5 Å². The number of nitrogens with zero attached hydrogens (tertiary/aromatic N) is 3.